The van der Waals surface area contributed by atoms with Crippen molar-refractivity contribution in [2.24, 2.45) is 0 Å². The first kappa shape index (κ1) is 9.71. The number of hydrogen-bond acceptors (Lipinski definition) is 1. The fraction of sp³-hybridized carbons (Fsp3) is 0.154. The molecule has 2 nitrogen and oxygen atoms in total. The van der Waals surface area contributed by atoms with E-state index in [-0.39, 0.29) is 5.78 Å². The molecular weight excluding hydrogens is 186 g/mol. The van der Waals surface area contributed by atoms with E-state index in [1.54, 1.807) is 6.92 Å². The molecule has 0 aliphatic carbocycles. The molecule has 76 valence electrons. The number of hydrogen-bond donors (Lipinski definition) is 1. The van der Waals surface area contributed by atoms with Gasteiger partial charge in [-0.3, -0.25) is 4.79 Å². The van der Waals surface area contributed by atoms with Gasteiger partial charge < -0.3 is 4.98 Å². The van der Waals surface area contributed by atoms with Gasteiger partial charge in [-0.2, -0.15) is 0 Å². The van der Waals surface area contributed by atoms with Crippen LogP contribution in [-0.2, 0) is 0 Å². The fourth-order valence-corrected chi connectivity index (χ4v) is 1.78. The summed E-state index contributed by atoms with van der Waals surface area (Å²) >= 11 is 0. The van der Waals surface area contributed by atoms with Gasteiger partial charge in [0, 0.05) is 16.6 Å². The van der Waals surface area contributed by atoms with Crippen LogP contribution >= 0.6 is 0 Å². The predicted octanol–water partition coefficient (Wildman–Crippen LogP) is 3.24. The summed E-state index contributed by atoms with van der Waals surface area (Å²) < 4.78 is 0. The smallest absolute Gasteiger partial charge is 0.190 e. The maximum Gasteiger partial charge on any atom is 0.190 e. The van der Waals surface area contributed by atoms with Crippen LogP contribution in [0.1, 0.15) is 23.0 Å². The maximum absolute atomic E-state index is 11.9. The highest BCUT2D eigenvalue weighted by atomic mass is 16.1. The molecule has 1 heterocycles. The van der Waals surface area contributed by atoms with E-state index in [0.29, 0.717) is 5.57 Å². The van der Waals surface area contributed by atoms with E-state index in [4.69, 9.17) is 0 Å². The molecule has 0 spiro atoms. The van der Waals surface area contributed by atoms with Crippen LogP contribution in [0.15, 0.2) is 36.4 Å². The molecule has 0 saturated heterocycles. The molecule has 2 aromatic rings. The second-order valence-corrected chi connectivity index (χ2v) is 3.78. The number of H-pyrrole nitrogens is 1. The molecule has 0 fully saturated rings. The van der Waals surface area contributed by atoms with Crippen molar-refractivity contribution in [1.82, 2.24) is 4.98 Å². The minimum Gasteiger partial charge on any atom is -0.358 e. The summed E-state index contributed by atoms with van der Waals surface area (Å²) in [7, 11) is 0. The van der Waals surface area contributed by atoms with E-state index >= 15 is 0 Å². The second-order valence-electron chi connectivity index (χ2n) is 3.78. The summed E-state index contributed by atoms with van der Waals surface area (Å²) in [4.78, 5) is 15.1. The van der Waals surface area contributed by atoms with Crippen LogP contribution in [-0.4, -0.2) is 10.8 Å². The van der Waals surface area contributed by atoms with Crippen LogP contribution in [0.5, 0.6) is 0 Å². The van der Waals surface area contributed by atoms with Gasteiger partial charge in [-0.25, -0.2) is 0 Å². The van der Waals surface area contributed by atoms with Crippen molar-refractivity contribution < 1.29 is 4.79 Å². The Kier molecular flexibility index (Phi) is 2.19. The Morgan fingerprint density at radius 3 is 2.67 bits per heavy atom. The van der Waals surface area contributed by atoms with Gasteiger partial charge in [-0.05, 0) is 25.5 Å². The van der Waals surface area contributed by atoms with E-state index in [0.717, 1.165) is 22.2 Å². The van der Waals surface area contributed by atoms with Crippen molar-refractivity contribution in [3.63, 3.8) is 0 Å². The average molecular weight is 199 g/mol. The summed E-state index contributed by atoms with van der Waals surface area (Å²) in [5.41, 5.74) is 3.23. The number of carbonyl (C=O) groups is 1. The molecule has 0 unspecified atom stereocenters. The number of nitrogens with one attached hydrogen (secondary N) is 1. The molecule has 2 rings (SSSR count). The molecule has 0 aliphatic heterocycles. The predicted molar refractivity (Wildman–Crippen MR) is 62.2 cm³/mol. The number of aromatic nitrogens is 1. The Morgan fingerprint density at radius 1 is 1.33 bits per heavy atom. The molecule has 15 heavy (non-hydrogen) atoms. The largest absolute Gasteiger partial charge is 0.358 e. The van der Waals surface area contributed by atoms with Crippen molar-refractivity contribution >= 4 is 16.7 Å². The van der Waals surface area contributed by atoms with Gasteiger partial charge in [0.1, 0.15) is 0 Å². The van der Waals surface area contributed by atoms with Gasteiger partial charge in [0.25, 0.3) is 0 Å². The van der Waals surface area contributed by atoms with Gasteiger partial charge in [-0.15, -0.1) is 0 Å². The van der Waals surface area contributed by atoms with Gasteiger partial charge in [0.15, 0.2) is 5.78 Å². The van der Waals surface area contributed by atoms with E-state index < -0.39 is 0 Å². The highest BCUT2D eigenvalue weighted by Gasteiger charge is 2.15. The molecule has 1 aromatic heterocycles. The summed E-state index contributed by atoms with van der Waals surface area (Å²) in [6, 6.07) is 7.81. The van der Waals surface area contributed by atoms with Gasteiger partial charge in [0.05, 0.1) is 5.56 Å². The molecule has 0 saturated carbocycles. The minimum absolute atomic E-state index is 0.0185. The zero-order valence-electron chi connectivity index (χ0n) is 8.92. The molecule has 1 aromatic carbocycles. The lowest BCUT2D eigenvalue weighted by atomic mass is 10.0. The number of ketones is 1. The number of aromatic amines is 1. The van der Waals surface area contributed by atoms with Crippen LogP contribution < -0.4 is 0 Å². The Labute approximate surface area is 88.6 Å². The Hall–Kier alpha value is -1.83. The third-order valence-corrected chi connectivity index (χ3v) is 2.51. The number of carbonyl (C=O) groups excluding carboxylic acids is 1. The summed E-state index contributed by atoms with van der Waals surface area (Å²) in [5, 5.41) is 0.975. The highest BCUT2D eigenvalue weighted by Crippen LogP contribution is 2.23. The molecule has 0 aliphatic rings. The maximum atomic E-state index is 11.9. The number of allylic oxidation sites excluding steroid dienone is 1. The highest BCUT2D eigenvalue weighted by molar-refractivity contribution is 6.16. The number of Topliss-reactive ketones (excluding diaryl/α,β-unsaturated/α-hetero) is 1. The molecule has 0 amide bonds. The molecule has 0 atom stereocenters. The monoisotopic (exact) mass is 199 g/mol. The molecule has 2 heteroatoms. The lowest BCUT2D eigenvalue weighted by Crippen LogP contribution is -2.00. The van der Waals surface area contributed by atoms with Crippen molar-refractivity contribution in [3.05, 3.63) is 47.7 Å². The van der Waals surface area contributed by atoms with Crippen LogP contribution in [0, 0.1) is 6.92 Å². The zero-order chi connectivity index (χ0) is 11.0. The van der Waals surface area contributed by atoms with Crippen LogP contribution in [0.4, 0.5) is 0 Å². The third kappa shape index (κ3) is 1.48. The molecule has 1 N–H and O–H groups in total. The Bertz CT molecular complexity index is 549. The standard InChI is InChI=1S/C13H13NO/c1-8(2)13(15)12-9(3)14-11-7-5-4-6-10(11)12/h4-7,14H,1H2,2-3H3. The lowest BCUT2D eigenvalue weighted by molar-refractivity contribution is 0.103. The third-order valence-electron chi connectivity index (χ3n) is 2.51. The van der Waals surface area contributed by atoms with Crippen molar-refractivity contribution in [2.45, 2.75) is 13.8 Å². The topological polar surface area (TPSA) is 32.9 Å². The normalized spacial score (nSPS) is 10.5. The zero-order valence-corrected chi connectivity index (χ0v) is 8.92. The quantitative estimate of drug-likeness (QED) is 0.584. The number of rotatable bonds is 2. The number of fused-ring (bicyclic) bond motifs is 1. The van der Waals surface area contributed by atoms with Gasteiger partial charge >= 0.3 is 0 Å². The SMILES string of the molecule is C=C(C)C(=O)c1c(C)[nH]c2ccccc12. The number of para-hydroxylation sites is 1. The first-order chi connectivity index (χ1) is 7.11. The molecular formula is C13H13NO. The van der Waals surface area contributed by atoms with Crippen molar-refractivity contribution in [1.29, 1.82) is 0 Å². The summed E-state index contributed by atoms with van der Waals surface area (Å²) in [6.07, 6.45) is 0. The van der Waals surface area contributed by atoms with Gasteiger partial charge in [0.2, 0.25) is 0 Å². The summed E-state index contributed by atoms with van der Waals surface area (Å²) in [5.74, 6) is 0.0185. The van der Waals surface area contributed by atoms with Crippen molar-refractivity contribution in [3.8, 4) is 0 Å². The van der Waals surface area contributed by atoms with Crippen LogP contribution in [0.3, 0.4) is 0 Å². The summed E-state index contributed by atoms with van der Waals surface area (Å²) in [6.45, 7) is 7.35. The van der Waals surface area contributed by atoms with E-state index in [1.807, 2.05) is 31.2 Å². The second kappa shape index (κ2) is 3.39. The molecule has 0 bridgehead atoms. The lowest BCUT2D eigenvalue weighted by Gasteiger charge is -1.99. The van der Waals surface area contributed by atoms with Crippen LogP contribution in [0.2, 0.25) is 0 Å². The first-order valence-corrected chi connectivity index (χ1v) is 4.89. The van der Waals surface area contributed by atoms with Gasteiger partial charge in [-0.1, -0.05) is 24.8 Å². The molecule has 0 radical (unpaired) electrons. The van der Waals surface area contributed by atoms with E-state index in [1.165, 1.54) is 0 Å². The fourth-order valence-electron chi connectivity index (χ4n) is 1.78. The van der Waals surface area contributed by atoms with Crippen LogP contribution in [0.25, 0.3) is 10.9 Å². The minimum atomic E-state index is 0.0185. The number of aryl methyl sites for hydroxylation is 1. The van der Waals surface area contributed by atoms with Crippen molar-refractivity contribution in [2.75, 3.05) is 0 Å². The van der Waals surface area contributed by atoms with E-state index in [9.17, 15) is 4.79 Å². The number of benzene rings is 1. The first-order valence-electron chi connectivity index (χ1n) is 4.89. The van der Waals surface area contributed by atoms with E-state index in [2.05, 4.69) is 11.6 Å². The Balaban J connectivity index is 2.74. The average Bonchev–Trinajstić information content (AvgIpc) is 2.52. The Morgan fingerprint density at radius 2 is 2.00 bits per heavy atom.